The van der Waals surface area contributed by atoms with Gasteiger partial charge in [-0.1, -0.05) is 54.6 Å². The highest BCUT2D eigenvalue weighted by atomic mass is 16.5. The molecule has 0 radical (unpaired) electrons. The molecule has 3 N–H and O–H groups in total. The van der Waals surface area contributed by atoms with E-state index in [0.717, 1.165) is 5.56 Å². The fourth-order valence-electron chi connectivity index (χ4n) is 2.30. The fraction of sp³-hybridized carbons (Fsp3) is 0.0500. The minimum atomic E-state index is -0.0587. The number of para-hydroxylation sites is 2. The number of nitrogens with one attached hydrogen (secondary N) is 1. The van der Waals surface area contributed by atoms with Gasteiger partial charge in [0, 0.05) is 0 Å². The van der Waals surface area contributed by atoms with Crippen LogP contribution in [0, 0.1) is 5.41 Å². The molecule has 4 heteroatoms. The Morgan fingerprint density at radius 2 is 1.50 bits per heavy atom. The summed E-state index contributed by atoms with van der Waals surface area (Å²) in [7, 11) is 0. The molecule has 24 heavy (non-hydrogen) atoms. The van der Waals surface area contributed by atoms with Gasteiger partial charge in [0.15, 0.2) is 11.5 Å². The Labute approximate surface area is 141 Å². The van der Waals surface area contributed by atoms with Gasteiger partial charge in [0.05, 0.1) is 5.56 Å². The minimum absolute atomic E-state index is 0.0587. The average Bonchev–Trinajstić information content (AvgIpc) is 2.62. The van der Waals surface area contributed by atoms with Crippen molar-refractivity contribution in [2.24, 2.45) is 5.73 Å². The summed E-state index contributed by atoms with van der Waals surface area (Å²) < 4.78 is 11.9. The van der Waals surface area contributed by atoms with E-state index in [1.165, 1.54) is 0 Å². The van der Waals surface area contributed by atoms with Crippen LogP contribution in [0.1, 0.15) is 11.1 Å². The zero-order chi connectivity index (χ0) is 16.8. The van der Waals surface area contributed by atoms with Crippen molar-refractivity contribution >= 4 is 5.84 Å². The topological polar surface area (TPSA) is 68.3 Å². The highest BCUT2D eigenvalue weighted by Crippen LogP contribution is 2.35. The molecule has 120 valence electrons. The van der Waals surface area contributed by atoms with Crippen LogP contribution in [0.15, 0.2) is 78.9 Å². The SMILES string of the molecule is N=C(N)c1cccc(Oc2ccccc2)c1OCc1ccccc1. The molecule has 0 spiro atoms. The van der Waals surface area contributed by atoms with E-state index in [1.54, 1.807) is 18.2 Å². The van der Waals surface area contributed by atoms with Crippen molar-refractivity contribution in [1.29, 1.82) is 5.41 Å². The van der Waals surface area contributed by atoms with Crippen LogP contribution >= 0.6 is 0 Å². The normalized spacial score (nSPS) is 10.2. The third-order valence-corrected chi connectivity index (χ3v) is 3.47. The molecule has 3 aromatic carbocycles. The summed E-state index contributed by atoms with van der Waals surface area (Å²) in [5.74, 6) is 1.64. The summed E-state index contributed by atoms with van der Waals surface area (Å²) in [4.78, 5) is 0. The Bertz CT molecular complexity index is 818. The number of amidine groups is 1. The van der Waals surface area contributed by atoms with Crippen molar-refractivity contribution < 1.29 is 9.47 Å². The monoisotopic (exact) mass is 318 g/mol. The van der Waals surface area contributed by atoms with E-state index in [0.29, 0.717) is 29.4 Å². The van der Waals surface area contributed by atoms with Crippen LogP contribution in [0.3, 0.4) is 0 Å². The highest BCUT2D eigenvalue weighted by molar-refractivity contribution is 5.98. The molecular weight excluding hydrogens is 300 g/mol. The molecule has 0 heterocycles. The molecule has 4 nitrogen and oxygen atoms in total. The lowest BCUT2D eigenvalue weighted by Gasteiger charge is -2.16. The van der Waals surface area contributed by atoms with Gasteiger partial charge in [-0.05, 0) is 29.8 Å². The Morgan fingerprint density at radius 1 is 0.833 bits per heavy atom. The maximum atomic E-state index is 7.78. The van der Waals surface area contributed by atoms with Crippen LogP contribution in [0.25, 0.3) is 0 Å². The molecule has 0 saturated carbocycles. The molecule has 0 atom stereocenters. The minimum Gasteiger partial charge on any atom is -0.484 e. The fourth-order valence-corrected chi connectivity index (χ4v) is 2.30. The Morgan fingerprint density at radius 3 is 2.17 bits per heavy atom. The molecule has 0 aromatic heterocycles. The third-order valence-electron chi connectivity index (χ3n) is 3.47. The maximum Gasteiger partial charge on any atom is 0.173 e. The zero-order valence-corrected chi connectivity index (χ0v) is 13.1. The van der Waals surface area contributed by atoms with Crippen LogP contribution in [0.2, 0.25) is 0 Å². The van der Waals surface area contributed by atoms with Crippen LogP contribution in [0.5, 0.6) is 17.2 Å². The summed E-state index contributed by atoms with van der Waals surface area (Å²) in [6.07, 6.45) is 0. The first-order chi connectivity index (χ1) is 11.7. The standard InChI is InChI=1S/C20H18N2O2/c21-20(22)17-12-7-13-18(24-16-10-5-2-6-11-16)19(17)23-14-15-8-3-1-4-9-15/h1-13H,14H2,(H3,21,22). The van der Waals surface area contributed by atoms with Gasteiger partial charge in [-0.3, -0.25) is 5.41 Å². The van der Waals surface area contributed by atoms with Gasteiger partial charge in [-0.15, -0.1) is 0 Å². The van der Waals surface area contributed by atoms with Gasteiger partial charge in [0.2, 0.25) is 0 Å². The van der Waals surface area contributed by atoms with Crippen molar-refractivity contribution in [2.75, 3.05) is 0 Å². The van der Waals surface area contributed by atoms with Crippen molar-refractivity contribution in [3.05, 3.63) is 90.0 Å². The number of nitrogen functional groups attached to an aromatic ring is 1. The highest BCUT2D eigenvalue weighted by Gasteiger charge is 2.14. The van der Waals surface area contributed by atoms with E-state index in [4.69, 9.17) is 20.6 Å². The van der Waals surface area contributed by atoms with Gasteiger partial charge in [-0.25, -0.2) is 0 Å². The van der Waals surface area contributed by atoms with E-state index < -0.39 is 0 Å². The largest absolute Gasteiger partial charge is 0.484 e. The summed E-state index contributed by atoms with van der Waals surface area (Å²) in [5.41, 5.74) is 7.24. The molecule has 3 aromatic rings. The molecule has 0 amide bonds. The van der Waals surface area contributed by atoms with Crippen LogP contribution < -0.4 is 15.2 Å². The number of ether oxygens (including phenoxy) is 2. The summed E-state index contributed by atoms with van der Waals surface area (Å²) >= 11 is 0. The van der Waals surface area contributed by atoms with Crippen LogP contribution in [0.4, 0.5) is 0 Å². The Hall–Kier alpha value is -3.27. The Kier molecular flexibility index (Phi) is 4.77. The molecule has 0 unspecified atom stereocenters. The first-order valence-electron chi connectivity index (χ1n) is 7.61. The Balaban J connectivity index is 1.90. The van der Waals surface area contributed by atoms with Gasteiger partial charge in [-0.2, -0.15) is 0 Å². The van der Waals surface area contributed by atoms with E-state index in [9.17, 15) is 0 Å². The zero-order valence-electron chi connectivity index (χ0n) is 13.1. The average molecular weight is 318 g/mol. The maximum absolute atomic E-state index is 7.78. The second kappa shape index (κ2) is 7.33. The molecule has 0 fully saturated rings. The molecule has 0 aliphatic heterocycles. The summed E-state index contributed by atoms with van der Waals surface area (Å²) in [6.45, 7) is 0.371. The molecule has 0 aliphatic rings. The van der Waals surface area contributed by atoms with Crippen molar-refractivity contribution in [3.8, 4) is 17.2 Å². The first kappa shape index (κ1) is 15.6. The molecule has 0 bridgehead atoms. The van der Waals surface area contributed by atoms with E-state index >= 15 is 0 Å². The van der Waals surface area contributed by atoms with E-state index in [1.807, 2.05) is 60.7 Å². The van der Waals surface area contributed by atoms with E-state index in [2.05, 4.69) is 0 Å². The molecule has 0 saturated heterocycles. The lowest BCUT2D eigenvalue weighted by molar-refractivity contribution is 0.291. The number of hydrogen-bond donors (Lipinski definition) is 2. The van der Waals surface area contributed by atoms with Crippen molar-refractivity contribution in [1.82, 2.24) is 0 Å². The molecule has 0 aliphatic carbocycles. The van der Waals surface area contributed by atoms with Crippen LogP contribution in [-0.4, -0.2) is 5.84 Å². The van der Waals surface area contributed by atoms with Crippen molar-refractivity contribution in [2.45, 2.75) is 6.61 Å². The summed E-state index contributed by atoms with van der Waals surface area (Å²) in [5, 5.41) is 7.78. The molecular formula is C20H18N2O2. The lowest BCUT2D eigenvalue weighted by Crippen LogP contribution is -2.13. The summed E-state index contributed by atoms with van der Waals surface area (Å²) in [6, 6.07) is 24.6. The molecule has 3 rings (SSSR count). The number of benzene rings is 3. The van der Waals surface area contributed by atoms with E-state index in [-0.39, 0.29) is 5.84 Å². The first-order valence-corrected chi connectivity index (χ1v) is 7.61. The smallest absolute Gasteiger partial charge is 0.173 e. The van der Waals surface area contributed by atoms with Gasteiger partial charge in [0.25, 0.3) is 0 Å². The number of rotatable bonds is 6. The second-order valence-corrected chi connectivity index (χ2v) is 5.24. The third kappa shape index (κ3) is 3.73. The number of nitrogens with two attached hydrogens (primary N) is 1. The van der Waals surface area contributed by atoms with Crippen molar-refractivity contribution in [3.63, 3.8) is 0 Å². The quantitative estimate of drug-likeness (QED) is 0.524. The van der Waals surface area contributed by atoms with Crippen LogP contribution in [-0.2, 0) is 6.61 Å². The predicted octanol–water partition coefficient (Wildman–Crippen LogP) is 4.34. The van der Waals surface area contributed by atoms with Gasteiger partial charge in [0.1, 0.15) is 18.2 Å². The van der Waals surface area contributed by atoms with Gasteiger partial charge >= 0.3 is 0 Å². The lowest BCUT2D eigenvalue weighted by atomic mass is 10.1. The number of hydrogen-bond acceptors (Lipinski definition) is 3. The predicted molar refractivity (Wildman–Crippen MR) is 94.7 cm³/mol. The second-order valence-electron chi connectivity index (χ2n) is 5.24. The van der Waals surface area contributed by atoms with Gasteiger partial charge < -0.3 is 15.2 Å².